The number of nitrogens with one attached hydrogen (secondary N) is 2. The number of carbonyl (C=O) groups is 2. The van der Waals surface area contributed by atoms with Crippen LogP contribution in [0.1, 0.15) is 45.7 Å². The molecule has 1 unspecified atom stereocenters. The van der Waals surface area contributed by atoms with E-state index in [1.54, 1.807) is 23.1 Å². The molecular weight excluding hydrogens is 400 g/mol. The number of aryl methyl sites for hydroxylation is 1. The number of hydrogen-bond acceptors (Lipinski definition) is 4. The van der Waals surface area contributed by atoms with Crippen LogP contribution < -0.4 is 10.6 Å². The molecule has 148 valence electrons. The van der Waals surface area contributed by atoms with Gasteiger partial charge in [0, 0.05) is 27.6 Å². The molecule has 0 fully saturated rings. The number of carbonyl (C=O) groups excluding carboxylic acids is 2. The SMILES string of the molecule is CC(NC(=O)c1ccccc1SCc1cccs1)c1ccc2c(c1)CCC(=O)N2. The second kappa shape index (κ2) is 8.84. The van der Waals surface area contributed by atoms with Gasteiger partial charge in [0.25, 0.3) is 5.91 Å². The molecule has 0 aliphatic carbocycles. The van der Waals surface area contributed by atoms with Crippen LogP contribution in [0.25, 0.3) is 0 Å². The fourth-order valence-corrected chi connectivity index (χ4v) is 5.18. The van der Waals surface area contributed by atoms with Gasteiger partial charge < -0.3 is 10.6 Å². The van der Waals surface area contributed by atoms with Crippen LogP contribution in [0.5, 0.6) is 0 Å². The van der Waals surface area contributed by atoms with Gasteiger partial charge in [-0.25, -0.2) is 0 Å². The van der Waals surface area contributed by atoms with Crippen LogP contribution in [-0.4, -0.2) is 11.8 Å². The Morgan fingerprint density at radius 3 is 2.86 bits per heavy atom. The van der Waals surface area contributed by atoms with Gasteiger partial charge in [0.15, 0.2) is 0 Å². The maximum absolute atomic E-state index is 13.0. The number of amides is 2. The maximum atomic E-state index is 13.0. The topological polar surface area (TPSA) is 58.2 Å². The molecule has 29 heavy (non-hydrogen) atoms. The first-order valence-corrected chi connectivity index (χ1v) is 11.4. The summed E-state index contributed by atoms with van der Waals surface area (Å²) in [5.74, 6) is 0.842. The van der Waals surface area contributed by atoms with Crippen LogP contribution in [0.2, 0.25) is 0 Å². The average molecular weight is 423 g/mol. The van der Waals surface area contributed by atoms with Gasteiger partial charge in [0.1, 0.15) is 0 Å². The zero-order valence-corrected chi connectivity index (χ0v) is 17.7. The van der Waals surface area contributed by atoms with Crippen LogP contribution in [0.3, 0.4) is 0 Å². The van der Waals surface area contributed by atoms with Crippen LogP contribution >= 0.6 is 23.1 Å². The normalized spacial score (nSPS) is 14.0. The van der Waals surface area contributed by atoms with E-state index >= 15 is 0 Å². The molecule has 6 heteroatoms. The molecule has 0 spiro atoms. The summed E-state index contributed by atoms with van der Waals surface area (Å²) in [4.78, 5) is 26.8. The van der Waals surface area contributed by atoms with Crippen molar-refractivity contribution in [2.45, 2.75) is 36.5 Å². The summed E-state index contributed by atoms with van der Waals surface area (Å²) in [6.45, 7) is 1.99. The third kappa shape index (κ3) is 4.71. The number of thioether (sulfide) groups is 1. The van der Waals surface area contributed by atoms with Crippen molar-refractivity contribution in [3.63, 3.8) is 0 Å². The summed E-state index contributed by atoms with van der Waals surface area (Å²) in [6, 6.07) is 17.7. The Kier molecular flexibility index (Phi) is 6.02. The van der Waals surface area contributed by atoms with Crippen molar-refractivity contribution in [3.05, 3.63) is 81.5 Å². The molecule has 3 aromatic rings. The zero-order valence-electron chi connectivity index (χ0n) is 16.1. The molecule has 1 atom stereocenters. The summed E-state index contributed by atoms with van der Waals surface area (Å²) in [7, 11) is 0. The molecule has 0 saturated carbocycles. The van der Waals surface area contributed by atoms with E-state index in [2.05, 4.69) is 28.1 Å². The molecule has 4 nitrogen and oxygen atoms in total. The predicted octanol–water partition coefficient (Wildman–Crippen LogP) is 5.42. The van der Waals surface area contributed by atoms with Crippen LogP contribution in [0.4, 0.5) is 5.69 Å². The lowest BCUT2D eigenvalue weighted by molar-refractivity contribution is -0.116. The van der Waals surface area contributed by atoms with E-state index in [0.717, 1.165) is 33.9 Å². The summed E-state index contributed by atoms with van der Waals surface area (Å²) in [5.41, 5.74) is 3.73. The van der Waals surface area contributed by atoms with Crippen molar-refractivity contribution < 1.29 is 9.59 Å². The fourth-order valence-electron chi connectivity index (χ4n) is 3.35. The fraction of sp³-hybridized carbons (Fsp3) is 0.217. The first kappa shape index (κ1) is 19.7. The Balaban J connectivity index is 1.46. The van der Waals surface area contributed by atoms with Crippen LogP contribution in [0.15, 0.2) is 64.9 Å². The summed E-state index contributed by atoms with van der Waals surface area (Å²) in [5, 5.41) is 8.09. The van der Waals surface area contributed by atoms with E-state index in [0.29, 0.717) is 12.0 Å². The minimum atomic E-state index is -0.124. The van der Waals surface area contributed by atoms with E-state index in [9.17, 15) is 9.59 Å². The predicted molar refractivity (Wildman–Crippen MR) is 120 cm³/mol. The molecular formula is C23H22N2O2S2. The Bertz CT molecular complexity index is 1030. The Morgan fingerprint density at radius 2 is 2.03 bits per heavy atom. The highest BCUT2D eigenvalue weighted by molar-refractivity contribution is 7.98. The molecule has 2 aromatic carbocycles. The first-order chi connectivity index (χ1) is 14.1. The van der Waals surface area contributed by atoms with Gasteiger partial charge in [-0.2, -0.15) is 0 Å². The van der Waals surface area contributed by atoms with E-state index < -0.39 is 0 Å². The number of fused-ring (bicyclic) bond motifs is 1. The zero-order chi connectivity index (χ0) is 20.2. The molecule has 0 saturated heterocycles. The maximum Gasteiger partial charge on any atom is 0.252 e. The van der Waals surface area contributed by atoms with Gasteiger partial charge >= 0.3 is 0 Å². The Labute approximate surface area is 178 Å². The molecule has 0 radical (unpaired) electrons. The second-order valence-corrected chi connectivity index (χ2v) is 9.07. The number of rotatable bonds is 6. The highest BCUT2D eigenvalue weighted by Gasteiger charge is 2.18. The molecule has 1 aliphatic heterocycles. The quantitative estimate of drug-likeness (QED) is 0.522. The van der Waals surface area contributed by atoms with Crippen molar-refractivity contribution in [1.82, 2.24) is 5.32 Å². The summed E-state index contributed by atoms with van der Waals surface area (Å²) < 4.78 is 0. The molecule has 2 amide bonds. The van der Waals surface area contributed by atoms with E-state index in [1.807, 2.05) is 49.4 Å². The largest absolute Gasteiger partial charge is 0.345 e. The van der Waals surface area contributed by atoms with Crippen molar-refractivity contribution in [1.29, 1.82) is 0 Å². The molecule has 1 aromatic heterocycles. The van der Waals surface area contributed by atoms with E-state index in [1.165, 1.54) is 4.88 Å². The smallest absolute Gasteiger partial charge is 0.252 e. The van der Waals surface area contributed by atoms with Gasteiger partial charge in [0.2, 0.25) is 5.91 Å². The summed E-state index contributed by atoms with van der Waals surface area (Å²) >= 11 is 3.41. The van der Waals surface area contributed by atoms with Crippen molar-refractivity contribution in [2.24, 2.45) is 0 Å². The first-order valence-electron chi connectivity index (χ1n) is 9.58. The third-order valence-electron chi connectivity index (χ3n) is 4.95. The Hall–Kier alpha value is -2.57. The average Bonchev–Trinajstić information content (AvgIpc) is 3.25. The van der Waals surface area contributed by atoms with Crippen molar-refractivity contribution >= 4 is 40.6 Å². The number of anilines is 1. The van der Waals surface area contributed by atoms with Gasteiger partial charge in [-0.1, -0.05) is 30.3 Å². The number of thiophene rings is 1. The van der Waals surface area contributed by atoms with Gasteiger partial charge in [-0.3, -0.25) is 9.59 Å². The van der Waals surface area contributed by atoms with Gasteiger partial charge in [-0.05, 0) is 54.1 Å². The van der Waals surface area contributed by atoms with Crippen molar-refractivity contribution in [2.75, 3.05) is 5.32 Å². The lowest BCUT2D eigenvalue weighted by atomic mass is 9.97. The lowest BCUT2D eigenvalue weighted by Crippen LogP contribution is -2.27. The van der Waals surface area contributed by atoms with Crippen LogP contribution in [0, 0.1) is 0 Å². The third-order valence-corrected chi connectivity index (χ3v) is 7.14. The monoisotopic (exact) mass is 422 g/mol. The van der Waals surface area contributed by atoms with Crippen LogP contribution in [-0.2, 0) is 17.0 Å². The molecule has 2 heterocycles. The molecule has 2 N–H and O–H groups in total. The number of benzene rings is 2. The van der Waals surface area contributed by atoms with Gasteiger partial charge in [-0.15, -0.1) is 23.1 Å². The molecule has 1 aliphatic rings. The standard InChI is InChI=1S/C23H22N2O2S2/c1-15(16-8-10-20-17(13-16)9-11-22(26)25-20)24-23(27)19-6-2-3-7-21(19)29-14-18-5-4-12-28-18/h2-8,10,12-13,15H,9,11,14H2,1H3,(H,24,27)(H,25,26). The Morgan fingerprint density at radius 1 is 1.17 bits per heavy atom. The second-order valence-electron chi connectivity index (χ2n) is 7.02. The van der Waals surface area contributed by atoms with Gasteiger partial charge in [0.05, 0.1) is 11.6 Å². The minimum Gasteiger partial charge on any atom is -0.345 e. The highest BCUT2D eigenvalue weighted by Crippen LogP contribution is 2.29. The van der Waals surface area contributed by atoms with Crippen molar-refractivity contribution in [3.8, 4) is 0 Å². The minimum absolute atomic E-state index is 0.0586. The lowest BCUT2D eigenvalue weighted by Gasteiger charge is -2.21. The molecule has 0 bridgehead atoms. The highest BCUT2D eigenvalue weighted by atomic mass is 32.2. The number of hydrogen-bond donors (Lipinski definition) is 2. The molecule has 4 rings (SSSR count). The summed E-state index contributed by atoms with van der Waals surface area (Å²) in [6.07, 6.45) is 1.24. The van der Waals surface area contributed by atoms with E-state index in [4.69, 9.17) is 0 Å². The van der Waals surface area contributed by atoms with E-state index in [-0.39, 0.29) is 17.9 Å².